The third kappa shape index (κ3) is 8.20. The van der Waals surface area contributed by atoms with E-state index in [1.54, 1.807) is 47.6 Å². The number of hydrogen-bond acceptors (Lipinski definition) is 7. The van der Waals surface area contributed by atoms with Crippen molar-refractivity contribution in [3.63, 3.8) is 0 Å². The van der Waals surface area contributed by atoms with Crippen LogP contribution in [0.5, 0.6) is 5.75 Å². The van der Waals surface area contributed by atoms with Gasteiger partial charge in [-0.05, 0) is 78.2 Å². The fourth-order valence-electron chi connectivity index (χ4n) is 2.37. The molecule has 1 rings (SSSR count). The van der Waals surface area contributed by atoms with Crippen molar-refractivity contribution in [1.29, 1.82) is 0 Å². The Balaban J connectivity index is 3.63. The number of aryl methyl sites for hydroxylation is 1. The van der Waals surface area contributed by atoms with E-state index in [2.05, 4.69) is 33.9 Å². The van der Waals surface area contributed by atoms with E-state index in [0.717, 1.165) is 10.7 Å². The number of benzene rings is 1. The Labute approximate surface area is 199 Å². The maximum absolute atomic E-state index is 13.1. The SMILES string of the molecule is Cc1ccc(O[Si](C)(C)C(C)(C)C)cc1N(OC(C)(C)C)N(C(=O)NN)C(=O)OC(C)(C)C. The molecule has 1 aromatic carbocycles. The van der Waals surface area contributed by atoms with Gasteiger partial charge in [-0.3, -0.25) is 5.43 Å². The van der Waals surface area contributed by atoms with Gasteiger partial charge in [0, 0.05) is 6.07 Å². The molecule has 0 heterocycles. The molecular weight excluding hydrogens is 440 g/mol. The molecule has 3 N–H and O–H groups in total. The molecule has 9 nitrogen and oxygen atoms in total. The maximum Gasteiger partial charge on any atom is 0.440 e. The Morgan fingerprint density at radius 2 is 1.52 bits per heavy atom. The lowest BCUT2D eigenvalue weighted by Crippen LogP contribution is -2.58. The van der Waals surface area contributed by atoms with Gasteiger partial charge in [-0.1, -0.05) is 26.8 Å². The fraction of sp³-hybridized carbons (Fsp3) is 0.652. The lowest BCUT2D eigenvalue weighted by atomic mass is 10.2. The maximum atomic E-state index is 13.1. The van der Waals surface area contributed by atoms with Crippen LogP contribution >= 0.6 is 0 Å². The first-order valence-electron chi connectivity index (χ1n) is 11.0. The molecule has 0 aliphatic rings. The van der Waals surface area contributed by atoms with Crippen LogP contribution in [-0.4, -0.2) is 36.7 Å². The Morgan fingerprint density at radius 1 is 0.970 bits per heavy atom. The average Bonchev–Trinajstić information content (AvgIpc) is 2.58. The third-order valence-electron chi connectivity index (χ3n) is 4.99. The van der Waals surface area contributed by atoms with Gasteiger partial charge in [-0.25, -0.2) is 20.3 Å². The highest BCUT2D eigenvalue weighted by Gasteiger charge is 2.40. The molecule has 1 aromatic rings. The minimum absolute atomic E-state index is 0.0123. The zero-order valence-electron chi connectivity index (χ0n) is 22.2. The van der Waals surface area contributed by atoms with Crippen molar-refractivity contribution in [2.45, 2.75) is 98.6 Å². The van der Waals surface area contributed by atoms with E-state index in [4.69, 9.17) is 19.8 Å². The Hall–Kier alpha value is -2.30. The number of ether oxygens (including phenoxy) is 1. The van der Waals surface area contributed by atoms with Crippen LogP contribution in [0.15, 0.2) is 18.2 Å². The normalized spacial score (nSPS) is 12.8. The summed E-state index contributed by atoms with van der Waals surface area (Å²) in [6.07, 6.45) is -0.940. The zero-order chi connectivity index (χ0) is 26.0. The number of nitrogens with two attached hydrogens (primary N) is 1. The predicted molar refractivity (Wildman–Crippen MR) is 133 cm³/mol. The van der Waals surface area contributed by atoms with Gasteiger partial charge in [0.25, 0.3) is 0 Å². The van der Waals surface area contributed by atoms with Gasteiger partial charge >= 0.3 is 12.1 Å². The van der Waals surface area contributed by atoms with Crippen LogP contribution in [-0.2, 0) is 9.57 Å². The number of nitrogens with zero attached hydrogens (tertiary/aromatic N) is 2. The minimum Gasteiger partial charge on any atom is -0.543 e. The Kier molecular flexibility index (Phi) is 8.62. The molecule has 0 fully saturated rings. The molecule has 0 radical (unpaired) electrons. The summed E-state index contributed by atoms with van der Waals surface area (Å²) in [7, 11) is -2.14. The standard InChI is InChI=1S/C23H42N4O5Si/c1-16-13-14-17(31-33(11,12)23(8,9)10)15-18(16)27(32-22(5,6)7)26(19(28)25-24)20(29)30-21(2,3)4/h13-15H,24H2,1-12H3,(H,25,28). The molecule has 33 heavy (non-hydrogen) atoms. The summed E-state index contributed by atoms with van der Waals surface area (Å²) in [6.45, 7) is 23.1. The van der Waals surface area contributed by atoms with Crippen LogP contribution < -0.4 is 20.9 Å². The van der Waals surface area contributed by atoms with Crippen molar-refractivity contribution in [3.05, 3.63) is 23.8 Å². The second-order valence-corrected chi connectivity index (χ2v) is 16.3. The van der Waals surface area contributed by atoms with E-state index >= 15 is 0 Å². The molecule has 0 unspecified atom stereocenters. The number of anilines is 1. The van der Waals surface area contributed by atoms with Gasteiger partial charge in [-0.15, -0.1) is 10.2 Å². The van der Waals surface area contributed by atoms with E-state index in [9.17, 15) is 9.59 Å². The second-order valence-electron chi connectivity index (χ2n) is 11.5. The Bertz CT molecular complexity index is 854. The molecule has 188 valence electrons. The molecule has 0 atom stereocenters. The van der Waals surface area contributed by atoms with E-state index in [-0.39, 0.29) is 5.04 Å². The first-order chi connectivity index (χ1) is 14.7. The van der Waals surface area contributed by atoms with Crippen molar-refractivity contribution in [1.82, 2.24) is 10.4 Å². The van der Waals surface area contributed by atoms with E-state index < -0.39 is 31.6 Å². The van der Waals surface area contributed by atoms with Crippen LogP contribution in [0.25, 0.3) is 0 Å². The Morgan fingerprint density at radius 3 is 1.94 bits per heavy atom. The summed E-state index contributed by atoms with van der Waals surface area (Å²) in [5.41, 5.74) is 1.58. The summed E-state index contributed by atoms with van der Waals surface area (Å²) in [5.74, 6) is 6.02. The smallest absolute Gasteiger partial charge is 0.440 e. The van der Waals surface area contributed by atoms with Crippen LogP contribution in [0, 0.1) is 6.92 Å². The minimum atomic E-state index is -2.14. The molecule has 0 spiro atoms. The summed E-state index contributed by atoms with van der Waals surface area (Å²) in [4.78, 5) is 31.9. The van der Waals surface area contributed by atoms with Crippen LogP contribution in [0.4, 0.5) is 15.3 Å². The first-order valence-corrected chi connectivity index (χ1v) is 13.9. The number of carbonyl (C=O) groups excluding carboxylic acids is 2. The topological polar surface area (TPSA) is 106 Å². The zero-order valence-corrected chi connectivity index (χ0v) is 23.2. The number of hydrogen-bond donors (Lipinski definition) is 2. The summed E-state index contributed by atoms with van der Waals surface area (Å²) in [5, 5.41) is 1.81. The van der Waals surface area contributed by atoms with Crippen molar-refractivity contribution >= 4 is 26.1 Å². The molecule has 0 aromatic heterocycles. The van der Waals surface area contributed by atoms with Crippen molar-refractivity contribution in [3.8, 4) is 5.75 Å². The molecule has 3 amide bonds. The van der Waals surface area contributed by atoms with Gasteiger partial charge in [0.05, 0.1) is 11.3 Å². The number of amides is 3. The van der Waals surface area contributed by atoms with Gasteiger partial charge in [0.15, 0.2) is 0 Å². The summed E-state index contributed by atoms with van der Waals surface area (Å²) in [6, 6.07) is 4.56. The highest BCUT2D eigenvalue weighted by molar-refractivity contribution is 6.74. The number of carbonyl (C=O) groups is 2. The number of nitrogens with one attached hydrogen (secondary N) is 1. The number of urea groups is 1. The molecule has 0 aliphatic carbocycles. The van der Waals surface area contributed by atoms with E-state index in [0.29, 0.717) is 16.4 Å². The van der Waals surface area contributed by atoms with Gasteiger partial charge in [0.1, 0.15) is 11.4 Å². The monoisotopic (exact) mass is 482 g/mol. The molecular formula is C23H42N4O5Si. The predicted octanol–water partition coefficient (Wildman–Crippen LogP) is 5.65. The van der Waals surface area contributed by atoms with Crippen LogP contribution in [0.3, 0.4) is 0 Å². The highest BCUT2D eigenvalue weighted by Crippen LogP contribution is 2.39. The second kappa shape index (κ2) is 9.90. The molecule has 0 saturated carbocycles. The average molecular weight is 483 g/mol. The molecule has 0 saturated heterocycles. The molecule has 0 bridgehead atoms. The number of hydrazine groups is 2. The van der Waals surface area contributed by atoms with Crippen molar-refractivity contribution in [2.24, 2.45) is 5.84 Å². The third-order valence-corrected chi connectivity index (χ3v) is 9.35. The molecule has 10 heteroatoms. The number of rotatable bonds is 5. The van der Waals surface area contributed by atoms with E-state index in [1.165, 1.54) is 0 Å². The lowest BCUT2D eigenvalue weighted by molar-refractivity contribution is -0.0785. The van der Waals surface area contributed by atoms with Crippen LogP contribution in [0.2, 0.25) is 18.1 Å². The molecule has 0 aliphatic heterocycles. The largest absolute Gasteiger partial charge is 0.543 e. The van der Waals surface area contributed by atoms with Gasteiger partial charge in [0.2, 0.25) is 8.32 Å². The lowest BCUT2D eigenvalue weighted by Gasteiger charge is -2.39. The number of imide groups is 1. The van der Waals surface area contributed by atoms with Crippen molar-refractivity contribution < 1.29 is 23.6 Å². The fourth-order valence-corrected chi connectivity index (χ4v) is 3.39. The summed E-state index contributed by atoms with van der Waals surface area (Å²) < 4.78 is 11.9. The van der Waals surface area contributed by atoms with Crippen LogP contribution in [0.1, 0.15) is 67.9 Å². The van der Waals surface area contributed by atoms with E-state index in [1.807, 2.05) is 24.5 Å². The summed E-state index contributed by atoms with van der Waals surface area (Å²) >= 11 is 0. The highest BCUT2D eigenvalue weighted by atomic mass is 28.4. The van der Waals surface area contributed by atoms with Gasteiger partial charge < -0.3 is 9.16 Å². The van der Waals surface area contributed by atoms with Crippen molar-refractivity contribution in [2.75, 3.05) is 5.17 Å². The quantitative estimate of drug-likeness (QED) is 0.242. The first kappa shape index (κ1) is 28.7. The van der Waals surface area contributed by atoms with Gasteiger partial charge in [-0.2, -0.15) is 0 Å².